The number of ether oxygens (including phenoxy) is 4. The number of nitrogens with one attached hydrogen (secondary N) is 2. The second-order valence-corrected chi connectivity index (χ2v) is 18.8. The van der Waals surface area contributed by atoms with E-state index in [1.165, 1.54) is 0 Å². The first-order chi connectivity index (χ1) is 35.5. The molecule has 10 nitrogen and oxygen atoms in total. The Balaban J connectivity index is 1.20. The summed E-state index contributed by atoms with van der Waals surface area (Å²) in [5.41, 5.74) is -0.589. The fourth-order valence-corrected chi connectivity index (χ4v) is 11.0. The molecule has 73 heavy (non-hydrogen) atoms. The molecule has 0 saturated carbocycles. The lowest BCUT2D eigenvalue weighted by Crippen LogP contribution is -2.58. The predicted octanol–water partition coefficient (Wildman–Crippen LogP) is 11.0. The predicted molar refractivity (Wildman–Crippen MR) is 290 cm³/mol. The Labute approximate surface area is 428 Å². The van der Waals surface area contributed by atoms with Crippen molar-refractivity contribution in [3.8, 4) is 23.0 Å². The molecular weight excluding hydrogens is 913 g/mol. The number of aliphatic hydroxyl groups is 2. The SMILES string of the molecule is CCC(CC)(C(=O)NCC(O)(Cc1ccccc1OC)C(c1ccccc1OC)c1cccc2ccccc12)C(=O)NCC(O)(Cc1ccccc1OC)C(c1ccccc1OC)c1cccc2ccccc12. The van der Waals surface area contributed by atoms with Crippen LogP contribution in [0, 0.1) is 5.41 Å². The van der Waals surface area contributed by atoms with Crippen LogP contribution in [0.3, 0.4) is 0 Å². The lowest BCUT2D eigenvalue weighted by Gasteiger charge is -2.41. The summed E-state index contributed by atoms with van der Waals surface area (Å²) in [6.07, 6.45) is 0.343. The molecule has 2 amide bonds. The minimum Gasteiger partial charge on any atom is -0.496 e. The Morgan fingerprint density at radius 3 is 1.12 bits per heavy atom. The van der Waals surface area contributed by atoms with E-state index in [0.29, 0.717) is 34.1 Å². The number of amides is 2. The van der Waals surface area contributed by atoms with E-state index in [-0.39, 0.29) is 38.8 Å². The molecule has 0 saturated heterocycles. The van der Waals surface area contributed by atoms with Crippen LogP contribution in [0.1, 0.15) is 71.9 Å². The van der Waals surface area contributed by atoms with Crippen LogP contribution in [-0.4, -0.2) is 74.8 Å². The Kier molecular flexibility index (Phi) is 16.2. The summed E-state index contributed by atoms with van der Waals surface area (Å²) < 4.78 is 23.7. The minimum atomic E-state index is -1.75. The van der Waals surface area contributed by atoms with Gasteiger partial charge in [-0.2, -0.15) is 0 Å². The van der Waals surface area contributed by atoms with E-state index in [9.17, 15) is 10.2 Å². The Morgan fingerprint density at radius 1 is 0.425 bits per heavy atom. The van der Waals surface area contributed by atoms with Gasteiger partial charge >= 0.3 is 0 Å². The number of para-hydroxylation sites is 4. The molecule has 0 aromatic heterocycles. The summed E-state index contributed by atoms with van der Waals surface area (Å²) in [6.45, 7) is 3.09. The zero-order valence-electron chi connectivity index (χ0n) is 42.6. The molecule has 4 N–H and O–H groups in total. The van der Waals surface area contributed by atoms with Crippen molar-refractivity contribution in [3.63, 3.8) is 0 Å². The maximum absolute atomic E-state index is 15.3. The summed E-state index contributed by atoms with van der Waals surface area (Å²) in [4.78, 5) is 30.6. The van der Waals surface area contributed by atoms with E-state index in [2.05, 4.69) is 10.6 Å². The molecule has 4 atom stereocenters. The van der Waals surface area contributed by atoms with Gasteiger partial charge in [-0.25, -0.2) is 0 Å². The topological polar surface area (TPSA) is 136 Å². The quantitative estimate of drug-likeness (QED) is 0.0493. The number of rotatable bonds is 22. The molecule has 0 aliphatic rings. The normalized spacial score (nSPS) is 14.0. The van der Waals surface area contributed by atoms with Crippen molar-refractivity contribution in [2.45, 2.75) is 62.6 Å². The van der Waals surface area contributed by atoms with Crippen LogP contribution < -0.4 is 29.6 Å². The molecule has 0 aliphatic heterocycles. The molecule has 0 spiro atoms. The molecule has 0 aliphatic carbocycles. The summed E-state index contributed by atoms with van der Waals surface area (Å²) in [7, 11) is 6.40. The second kappa shape index (κ2) is 22.8. The number of benzene rings is 8. The number of hydrogen-bond donors (Lipinski definition) is 4. The highest BCUT2D eigenvalue weighted by molar-refractivity contribution is 6.05. The number of hydrogen-bond acceptors (Lipinski definition) is 8. The summed E-state index contributed by atoms with van der Waals surface area (Å²) >= 11 is 0. The zero-order valence-corrected chi connectivity index (χ0v) is 42.6. The molecule has 0 heterocycles. The van der Waals surface area contributed by atoms with Gasteiger partial charge in [0.25, 0.3) is 0 Å². The van der Waals surface area contributed by atoms with Crippen molar-refractivity contribution >= 4 is 33.4 Å². The van der Waals surface area contributed by atoms with Crippen molar-refractivity contribution in [2.75, 3.05) is 41.5 Å². The number of fused-ring (bicyclic) bond motifs is 2. The minimum absolute atomic E-state index is 0.0508. The van der Waals surface area contributed by atoms with Crippen molar-refractivity contribution in [1.29, 1.82) is 0 Å². The third-order valence-corrected chi connectivity index (χ3v) is 14.8. The number of carbonyl (C=O) groups excluding carboxylic acids is 2. The van der Waals surface area contributed by atoms with E-state index in [4.69, 9.17) is 18.9 Å². The standard InChI is InChI=1S/C63H66N2O8/c1-7-61(8-2,59(66)64-41-62(68,39-45-25-11-17-35-53(45)70-3)57(51-31-15-19-37-55(51)72-5)49-33-21-27-43-23-9-13-29-47(43)49)60(67)65-42-63(69,40-46-26-12-18-36-54(46)71-4)58(52-32-16-20-38-56(52)73-6)50-34-22-28-44-24-10-14-30-48(44)50/h9-38,57-58,68-69H,7-8,39-42H2,1-6H3,(H,64,66)(H,65,67). The summed E-state index contributed by atoms with van der Waals surface area (Å²) in [5, 5.41) is 37.6. The van der Waals surface area contributed by atoms with Crippen molar-refractivity contribution in [2.24, 2.45) is 5.41 Å². The summed E-state index contributed by atoms with van der Waals surface area (Å²) in [5.74, 6) is -0.365. The highest BCUT2D eigenvalue weighted by Gasteiger charge is 2.48. The third kappa shape index (κ3) is 10.5. The van der Waals surface area contributed by atoms with Gasteiger partial charge in [-0.05, 0) is 80.9 Å². The van der Waals surface area contributed by atoms with Crippen LogP contribution in [0.4, 0.5) is 0 Å². The van der Waals surface area contributed by atoms with Gasteiger partial charge in [0.2, 0.25) is 11.8 Å². The fraction of sp³-hybridized carbons (Fsp3) is 0.270. The fourth-order valence-electron chi connectivity index (χ4n) is 11.0. The van der Waals surface area contributed by atoms with Crippen LogP contribution in [-0.2, 0) is 22.4 Å². The molecule has 0 bridgehead atoms. The first kappa shape index (κ1) is 51.7. The van der Waals surface area contributed by atoms with E-state index in [0.717, 1.165) is 43.8 Å². The maximum atomic E-state index is 15.3. The van der Waals surface area contributed by atoms with E-state index in [1.807, 2.05) is 196 Å². The first-order valence-electron chi connectivity index (χ1n) is 24.9. The monoisotopic (exact) mass is 978 g/mol. The molecule has 376 valence electrons. The highest BCUT2D eigenvalue weighted by atomic mass is 16.5. The van der Waals surface area contributed by atoms with Gasteiger partial charge < -0.3 is 39.8 Å². The van der Waals surface area contributed by atoms with Crippen molar-refractivity contribution in [1.82, 2.24) is 10.6 Å². The van der Waals surface area contributed by atoms with Gasteiger partial charge in [-0.15, -0.1) is 0 Å². The van der Waals surface area contributed by atoms with E-state index >= 15 is 9.59 Å². The first-order valence-corrected chi connectivity index (χ1v) is 24.9. The molecule has 10 heteroatoms. The van der Waals surface area contributed by atoms with E-state index < -0.39 is 40.3 Å². The van der Waals surface area contributed by atoms with Crippen LogP contribution in [0.5, 0.6) is 23.0 Å². The molecule has 0 fully saturated rings. The Hall–Kier alpha value is -7.66. The third-order valence-electron chi connectivity index (χ3n) is 14.8. The molecular formula is C63H66N2O8. The summed E-state index contributed by atoms with van der Waals surface area (Å²) in [6, 6.07) is 58.3. The average Bonchev–Trinajstić information content (AvgIpc) is 3.43. The zero-order chi connectivity index (χ0) is 51.6. The lowest BCUT2D eigenvalue weighted by molar-refractivity contribution is -0.146. The Bertz CT molecular complexity index is 2970. The van der Waals surface area contributed by atoms with Crippen LogP contribution in [0.2, 0.25) is 0 Å². The van der Waals surface area contributed by atoms with Gasteiger partial charge in [0, 0.05) is 48.9 Å². The van der Waals surface area contributed by atoms with Gasteiger partial charge in [-0.3, -0.25) is 9.59 Å². The average molecular weight is 979 g/mol. The van der Waals surface area contributed by atoms with Gasteiger partial charge in [-0.1, -0.05) is 172 Å². The molecule has 8 rings (SSSR count). The lowest BCUT2D eigenvalue weighted by atomic mass is 9.72. The maximum Gasteiger partial charge on any atom is 0.235 e. The van der Waals surface area contributed by atoms with Gasteiger partial charge in [0.05, 0.1) is 39.6 Å². The van der Waals surface area contributed by atoms with Crippen molar-refractivity contribution < 1.29 is 38.7 Å². The number of carbonyl (C=O) groups is 2. The molecule has 0 radical (unpaired) electrons. The largest absolute Gasteiger partial charge is 0.496 e. The van der Waals surface area contributed by atoms with Crippen molar-refractivity contribution in [3.05, 3.63) is 215 Å². The number of methoxy groups -OCH3 is 4. The molecule has 8 aromatic rings. The molecule has 8 aromatic carbocycles. The smallest absolute Gasteiger partial charge is 0.235 e. The van der Waals surface area contributed by atoms with Crippen LogP contribution in [0.15, 0.2) is 182 Å². The van der Waals surface area contributed by atoms with Crippen LogP contribution in [0.25, 0.3) is 21.5 Å². The van der Waals surface area contributed by atoms with Gasteiger partial charge in [0.1, 0.15) is 28.4 Å². The van der Waals surface area contributed by atoms with E-state index in [1.54, 1.807) is 28.4 Å². The second-order valence-electron chi connectivity index (χ2n) is 18.8. The van der Waals surface area contributed by atoms with Crippen LogP contribution >= 0.6 is 0 Å². The highest BCUT2D eigenvalue weighted by Crippen LogP contribution is 2.47. The molecule has 4 unspecified atom stereocenters. The Morgan fingerprint density at radius 2 is 0.740 bits per heavy atom. The van der Waals surface area contributed by atoms with Gasteiger partial charge in [0.15, 0.2) is 0 Å².